The van der Waals surface area contributed by atoms with E-state index >= 15 is 0 Å². The average molecular weight is 471 g/mol. The standard InChI is InChI=1S/C20H31N4O9/c1-15(25)31-11-18(28)22-6-4-5-21-14-24(20(30)13-33-17(3)27)10-9-23(8-7-22)19(29)12-32-16(2)26/h5,21H,4,6-14H2,1-3H3. The van der Waals surface area contributed by atoms with Gasteiger partial charge in [0, 0.05) is 60.0 Å². The first-order chi connectivity index (χ1) is 15.6. The highest BCUT2D eigenvalue weighted by Gasteiger charge is 2.23. The number of esters is 3. The predicted octanol–water partition coefficient (Wildman–Crippen LogP) is -1.73. The van der Waals surface area contributed by atoms with Gasteiger partial charge in [0.1, 0.15) is 0 Å². The van der Waals surface area contributed by atoms with E-state index in [0.717, 1.165) is 0 Å². The summed E-state index contributed by atoms with van der Waals surface area (Å²) in [6.45, 7) is 4.72. The summed E-state index contributed by atoms with van der Waals surface area (Å²) in [5, 5.41) is 2.96. The molecule has 13 nitrogen and oxygen atoms in total. The zero-order valence-corrected chi connectivity index (χ0v) is 19.2. The van der Waals surface area contributed by atoms with Gasteiger partial charge in [-0.15, -0.1) is 0 Å². The van der Waals surface area contributed by atoms with E-state index in [1.165, 1.54) is 35.5 Å². The van der Waals surface area contributed by atoms with Crippen LogP contribution in [0.4, 0.5) is 0 Å². The molecule has 1 heterocycles. The summed E-state index contributed by atoms with van der Waals surface area (Å²) in [6, 6.07) is 0. The first kappa shape index (κ1) is 27.8. The summed E-state index contributed by atoms with van der Waals surface area (Å²) in [6.07, 6.45) is 0.416. The highest BCUT2D eigenvalue weighted by atomic mass is 16.5. The van der Waals surface area contributed by atoms with Crippen molar-refractivity contribution in [3.63, 3.8) is 0 Å². The zero-order chi connectivity index (χ0) is 24.8. The van der Waals surface area contributed by atoms with Crippen molar-refractivity contribution in [2.75, 3.05) is 59.2 Å². The third-order valence-electron chi connectivity index (χ3n) is 4.50. The fourth-order valence-corrected chi connectivity index (χ4v) is 2.76. The van der Waals surface area contributed by atoms with Crippen LogP contribution in [0.1, 0.15) is 27.2 Å². The highest BCUT2D eigenvalue weighted by molar-refractivity contribution is 5.82. The lowest BCUT2D eigenvalue weighted by molar-refractivity contribution is -0.152. The topological polar surface area (TPSA) is 152 Å². The molecule has 0 unspecified atom stereocenters. The largest absolute Gasteiger partial charge is 0.456 e. The second-order valence-electron chi connectivity index (χ2n) is 7.11. The Labute approximate surface area is 192 Å². The van der Waals surface area contributed by atoms with Gasteiger partial charge in [-0.3, -0.25) is 34.1 Å². The number of nitrogens with zero attached hydrogens (tertiary/aromatic N) is 3. The second kappa shape index (κ2) is 14.8. The van der Waals surface area contributed by atoms with E-state index < -0.39 is 55.5 Å². The number of rotatable bonds is 6. The molecule has 13 heteroatoms. The molecule has 1 aliphatic rings. The van der Waals surface area contributed by atoms with E-state index in [9.17, 15) is 28.8 Å². The lowest BCUT2D eigenvalue weighted by Gasteiger charge is -2.31. The minimum absolute atomic E-state index is 0.0829. The molecule has 0 aromatic carbocycles. The Kier molecular flexibility index (Phi) is 12.4. The summed E-state index contributed by atoms with van der Waals surface area (Å²) in [7, 11) is 0. The van der Waals surface area contributed by atoms with Crippen molar-refractivity contribution in [3.05, 3.63) is 6.54 Å². The highest BCUT2D eigenvalue weighted by Crippen LogP contribution is 2.03. The molecule has 1 N–H and O–H groups in total. The molecule has 1 aliphatic heterocycles. The van der Waals surface area contributed by atoms with Crippen LogP contribution >= 0.6 is 0 Å². The van der Waals surface area contributed by atoms with Crippen molar-refractivity contribution < 1.29 is 43.0 Å². The van der Waals surface area contributed by atoms with Crippen LogP contribution in [0, 0.1) is 6.54 Å². The SMILES string of the molecule is CC(=O)OCC(=O)N1CC[CH]NCN(C(=O)COC(C)=O)CCN(C(=O)COC(C)=O)CC1. The van der Waals surface area contributed by atoms with Gasteiger partial charge >= 0.3 is 17.9 Å². The van der Waals surface area contributed by atoms with Crippen molar-refractivity contribution in [1.82, 2.24) is 20.0 Å². The quantitative estimate of drug-likeness (QED) is 0.349. The van der Waals surface area contributed by atoms with Gasteiger partial charge in [0.05, 0.1) is 6.67 Å². The molecule has 1 fully saturated rings. The molecule has 0 saturated carbocycles. The van der Waals surface area contributed by atoms with Crippen LogP contribution in [0.25, 0.3) is 0 Å². The average Bonchev–Trinajstić information content (AvgIpc) is 2.74. The maximum absolute atomic E-state index is 12.6. The van der Waals surface area contributed by atoms with Gasteiger partial charge in [-0.05, 0) is 6.42 Å². The van der Waals surface area contributed by atoms with Gasteiger partial charge in [-0.25, -0.2) is 0 Å². The smallest absolute Gasteiger partial charge is 0.303 e. The molecule has 0 aliphatic carbocycles. The number of hydrogen-bond donors (Lipinski definition) is 1. The summed E-state index contributed by atoms with van der Waals surface area (Å²) >= 11 is 0. The van der Waals surface area contributed by atoms with E-state index in [0.29, 0.717) is 6.42 Å². The number of carbonyl (C=O) groups is 6. The fourth-order valence-electron chi connectivity index (χ4n) is 2.76. The summed E-state index contributed by atoms with van der Waals surface area (Å²) in [5.74, 6) is -3.15. The first-order valence-electron chi connectivity index (χ1n) is 10.4. The number of amides is 3. The van der Waals surface area contributed by atoms with Crippen LogP contribution < -0.4 is 5.32 Å². The van der Waals surface area contributed by atoms with Gasteiger partial charge in [0.2, 0.25) is 0 Å². The van der Waals surface area contributed by atoms with Crippen LogP contribution in [-0.2, 0) is 43.0 Å². The number of ether oxygens (including phenoxy) is 3. The Morgan fingerprint density at radius 3 is 1.42 bits per heavy atom. The molecule has 0 atom stereocenters. The number of carbonyl (C=O) groups excluding carboxylic acids is 6. The first-order valence-corrected chi connectivity index (χ1v) is 10.4. The molecular weight excluding hydrogens is 440 g/mol. The number of nitrogens with one attached hydrogen (secondary N) is 1. The third-order valence-corrected chi connectivity index (χ3v) is 4.50. The summed E-state index contributed by atoms with van der Waals surface area (Å²) in [4.78, 5) is 74.7. The third kappa shape index (κ3) is 11.8. The Morgan fingerprint density at radius 2 is 1.00 bits per heavy atom. The summed E-state index contributed by atoms with van der Waals surface area (Å²) < 4.78 is 14.3. The molecule has 185 valence electrons. The lowest BCUT2D eigenvalue weighted by Crippen LogP contribution is -2.49. The van der Waals surface area contributed by atoms with E-state index in [2.05, 4.69) is 5.32 Å². The van der Waals surface area contributed by atoms with Crippen LogP contribution in [-0.4, -0.2) is 110 Å². The fraction of sp³-hybridized carbons (Fsp3) is 0.650. The van der Waals surface area contributed by atoms with Gasteiger partial charge in [-0.2, -0.15) is 0 Å². The molecule has 0 aromatic heterocycles. The van der Waals surface area contributed by atoms with Crippen molar-refractivity contribution >= 4 is 35.6 Å². The van der Waals surface area contributed by atoms with Crippen LogP contribution in [0.15, 0.2) is 0 Å². The van der Waals surface area contributed by atoms with Gasteiger partial charge in [0.25, 0.3) is 17.7 Å². The second-order valence-corrected chi connectivity index (χ2v) is 7.11. The van der Waals surface area contributed by atoms with Crippen LogP contribution in [0.3, 0.4) is 0 Å². The van der Waals surface area contributed by atoms with E-state index in [4.69, 9.17) is 14.2 Å². The zero-order valence-electron chi connectivity index (χ0n) is 19.2. The van der Waals surface area contributed by atoms with Crippen molar-refractivity contribution in [3.8, 4) is 0 Å². The van der Waals surface area contributed by atoms with Crippen molar-refractivity contribution in [2.45, 2.75) is 27.2 Å². The Hall–Kier alpha value is -3.22. The molecule has 0 spiro atoms. The van der Waals surface area contributed by atoms with Gasteiger partial charge < -0.3 is 28.9 Å². The van der Waals surface area contributed by atoms with Gasteiger partial charge in [0.15, 0.2) is 19.8 Å². The molecule has 1 saturated heterocycles. The predicted molar refractivity (Wildman–Crippen MR) is 112 cm³/mol. The monoisotopic (exact) mass is 471 g/mol. The van der Waals surface area contributed by atoms with Crippen LogP contribution in [0.2, 0.25) is 0 Å². The van der Waals surface area contributed by atoms with E-state index in [1.54, 1.807) is 6.54 Å². The Balaban J connectivity index is 2.90. The minimum atomic E-state index is -0.617. The van der Waals surface area contributed by atoms with E-state index in [-0.39, 0.29) is 39.4 Å². The molecule has 0 aromatic rings. The maximum atomic E-state index is 12.6. The molecule has 1 radical (unpaired) electrons. The Morgan fingerprint density at radius 1 is 0.636 bits per heavy atom. The Bertz CT molecular complexity index is 684. The molecule has 0 bridgehead atoms. The van der Waals surface area contributed by atoms with E-state index in [1.807, 2.05) is 0 Å². The molecule has 1 rings (SSSR count). The molecule has 33 heavy (non-hydrogen) atoms. The van der Waals surface area contributed by atoms with Gasteiger partial charge in [-0.1, -0.05) is 0 Å². The lowest BCUT2D eigenvalue weighted by atomic mass is 10.3. The van der Waals surface area contributed by atoms with Crippen molar-refractivity contribution in [2.24, 2.45) is 0 Å². The normalized spacial score (nSPS) is 15.5. The van der Waals surface area contributed by atoms with Crippen molar-refractivity contribution in [1.29, 1.82) is 0 Å². The summed E-state index contributed by atoms with van der Waals surface area (Å²) in [5.41, 5.74) is 0. The minimum Gasteiger partial charge on any atom is -0.456 e. The molecular formula is C20H31N4O9. The molecule has 3 amide bonds. The van der Waals surface area contributed by atoms with Crippen LogP contribution in [0.5, 0.6) is 0 Å². The number of hydrogen-bond acceptors (Lipinski definition) is 10. The maximum Gasteiger partial charge on any atom is 0.303 e.